The number of amides is 2. The van der Waals surface area contributed by atoms with E-state index in [9.17, 15) is 9.59 Å². The maximum atomic E-state index is 11.6. The third-order valence-electron chi connectivity index (χ3n) is 2.32. The molecule has 0 atom stereocenters. The molecule has 0 radical (unpaired) electrons. The lowest BCUT2D eigenvalue weighted by molar-refractivity contribution is -0.120. The third-order valence-corrected chi connectivity index (χ3v) is 2.32. The van der Waals surface area contributed by atoms with Crippen LogP contribution in [0, 0.1) is 0 Å². The summed E-state index contributed by atoms with van der Waals surface area (Å²) in [6.07, 6.45) is 1.52. The summed E-state index contributed by atoms with van der Waals surface area (Å²) in [6, 6.07) is 2.96. The first-order chi connectivity index (χ1) is 9.08. The monoisotopic (exact) mass is 265 g/mol. The van der Waals surface area contributed by atoms with Crippen molar-refractivity contribution in [1.82, 2.24) is 15.6 Å². The van der Waals surface area contributed by atoms with E-state index < -0.39 is 5.91 Å². The van der Waals surface area contributed by atoms with Crippen molar-refractivity contribution in [3.05, 3.63) is 29.6 Å². The summed E-state index contributed by atoms with van der Waals surface area (Å²) >= 11 is 0. The van der Waals surface area contributed by atoms with E-state index in [1.54, 1.807) is 0 Å². The molecule has 1 aromatic rings. The number of hydrogen-bond acceptors (Lipinski definition) is 5. The van der Waals surface area contributed by atoms with Gasteiger partial charge in [-0.15, -0.1) is 0 Å². The van der Waals surface area contributed by atoms with Crippen molar-refractivity contribution in [2.24, 2.45) is 10.9 Å². The molecule has 8 nitrogen and oxygen atoms in total. The summed E-state index contributed by atoms with van der Waals surface area (Å²) in [5, 5.41) is 16.3. The molecular weight excluding hydrogens is 250 g/mol. The van der Waals surface area contributed by atoms with Crippen LogP contribution in [0.4, 0.5) is 0 Å². The van der Waals surface area contributed by atoms with Crippen LogP contribution in [-0.2, 0) is 4.79 Å². The molecule has 0 unspecified atom stereocenters. The lowest BCUT2D eigenvalue weighted by Crippen LogP contribution is -2.29. The number of nitrogens with one attached hydrogen (secondary N) is 2. The van der Waals surface area contributed by atoms with Crippen LogP contribution in [-0.4, -0.2) is 41.4 Å². The van der Waals surface area contributed by atoms with Gasteiger partial charge in [0.05, 0.1) is 0 Å². The first-order valence-electron chi connectivity index (χ1n) is 5.51. The maximum absolute atomic E-state index is 11.6. The van der Waals surface area contributed by atoms with Gasteiger partial charge in [-0.1, -0.05) is 5.16 Å². The van der Waals surface area contributed by atoms with Crippen molar-refractivity contribution in [1.29, 1.82) is 0 Å². The molecule has 0 saturated carbocycles. The van der Waals surface area contributed by atoms with Crippen LogP contribution >= 0.6 is 0 Å². The molecule has 19 heavy (non-hydrogen) atoms. The van der Waals surface area contributed by atoms with Crippen LogP contribution in [0.15, 0.2) is 23.5 Å². The first-order valence-corrected chi connectivity index (χ1v) is 5.51. The molecule has 1 rings (SSSR count). The normalized spacial score (nSPS) is 10.9. The summed E-state index contributed by atoms with van der Waals surface area (Å²) in [5.41, 5.74) is 5.96. The molecule has 0 aliphatic heterocycles. The van der Waals surface area contributed by atoms with Gasteiger partial charge in [-0.05, 0) is 12.1 Å². The number of oxime groups is 1. The Kier molecular flexibility index (Phi) is 5.27. The van der Waals surface area contributed by atoms with E-state index in [1.807, 2.05) is 0 Å². The van der Waals surface area contributed by atoms with Crippen LogP contribution in [0.2, 0.25) is 0 Å². The van der Waals surface area contributed by atoms with Gasteiger partial charge in [0.1, 0.15) is 5.69 Å². The van der Waals surface area contributed by atoms with E-state index >= 15 is 0 Å². The minimum Gasteiger partial charge on any atom is -0.409 e. The number of hydrogen-bond donors (Lipinski definition) is 4. The average molecular weight is 265 g/mol. The largest absolute Gasteiger partial charge is 0.409 e. The molecule has 0 aliphatic carbocycles. The van der Waals surface area contributed by atoms with Crippen molar-refractivity contribution >= 4 is 17.6 Å². The van der Waals surface area contributed by atoms with E-state index in [4.69, 9.17) is 10.9 Å². The number of rotatable bonds is 5. The van der Waals surface area contributed by atoms with Crippen molar-refractivity contribution in [2.45, 2.75) is 6.42 Å². The zero-order valence-electron chi connectivity index (χ0n) is 10.4. The standard InChI is InChI=1S/C11H15N5O3/c1-13-9(17)4-5-14-11(18)8-3-2-7(6-15-8)10(12)16-19/h2-3,6,19H,4-5H2,1H3,(H2,12,16)(H,13,17)(H,14,18). The fraction of sp³-hybridized carbons (Fsp3) is 0.273. The number of amidine groups is 1. The zero-order valence-corrected chi connectivity index (χ0v) is 10.4. The number of carbonyl (C=O) groups excluding carboxylic acids is 2. The number of pyridine rings is 1. The molecule has 0 bridgehead atoms. The highest BCUT2D eigenvalue weighted by Crippen LogP contribution is 2.00. The highest BCUT2D eigenvalue weighted by atomic mass is 16.4. The molecule has 0 aliphatic rings. The van der Waals surface area contributed by atoms with Crippen molar-refractivity contribution in [3.8, 4) is 0 Å². The Balaban J connectivity index is 2.56. The molecule has 8 heteroatoms. The molecule has 0 spiro atoms. The van der Waals surface area contributed by atoms with Crippen LogP contribution in [0.25, 0.3) is 0 Å². The molecule has 0 aromatic carbocycles. The number of nitrogens with two attached hydrogens (primary N) is 1. The Labute approximate surface area is 109 Å². The summed E-state index contributed by atoms with van der Waals surface area (Å²) in [7, 11) is 1.53. The molecule has 0 fully saturated rings. The van der Waals surface area contributed by atoms with E-state index in [0.717, 1.165) is 0 Å². The predicted octanol–water partition coefficient (Wildman–Crippen LogP) is -0.958. The fourth-order valence-electron chi connectivity index (χ4n) is 1.24. The maximum Gasteiger partial charge on any atom is 0.269 e. The Morgan fingerprint density at radius 3 is 2.74 bits per heavy atom. The summed E-state index contributed by atoms with van der Waals surface area (Å²) < 4.78 is 0. The van der Waals surface area contributed by atoms with Gasteiger partial charge >= 0.3 is 0 Å². The van der Waals surface area contributed by atoms with Gasteiger partial charge in [-0.2, -0.15) is 0 Å². The fourth-order valence-corrected chi connectivity index (χ4v) is 1.24. The van der Waals surface area contributed by atoms with Crippen LogP contribution in [0.3, 0.4) is 0 Å². The minimum absolute atomic E-state index is 0.0842. The first kappa shape index (κ1) is 14.4. The second kappa shape index (κ2) is 6.94. The van der Waals surface area contributed by atoms with Crippen molar-refractivity contribution < 1.29 is 14.8 Å². The van der Waals surface area contributed by atoms with Gasteiger partial charge in [0, 0.05) is 31.8 Å². The minimum atomic E-state index is -0.394. The number of aromatic nitrogens is 1. The van der Waals surface area contributed by atoms with Gasteiger partial charge < -0.3 is 21.6 Å². The van der Waals surface area contributed by atoms with Gasteiger partial charge in [-0.3, -0.25) is 14.6 Å². The molecule has 102 valence electrons. The zero-order chi connectivity index (χ0) is 14.3. The van der Waals surface area contributed by atoms with E-state index in [-0.39, 0.29) is 30.4 Å². The van der Waals surface area contributed by atoms with E-state index in [2.05, 4.69) is 20.8 Å². The highest BCUT2D eigenvalue weighted by Gasteiger charge is 2.08. The molecule has 0 saturated heterocycles. The molecule has 2 amide bonds. The lowest BCUT2D eigenvalue weighted by atomic mass is 10.2. The Bertz CT molecular complexity index is 484. The van der Waals surface area contributed by atoms with Crippen LogP contribution in [0.1, 0.15) is 22.5 Å². The van der Waals surface area contributed by atoms with E-state index in [1.165, 1.54) is 25.4 Å². The van der Waals surface area contributed by atoms with Gasteiger partial charge in [0.2, 0.25) is 5.91 Å². The van der Waals surface area contributed by atoms with Gasteiger partial charge in [-0.25, -0.2) is 0 Å². The Hall–Kier alpha value is -2.64. The van der Waals surface area contributed by atoms with Crippen LogP contribution in [0.5, 0.6) is 0 Å². The average Bonchev–Trinajstić information content (AvgIpc) is 2.46. The van der Waals surface area contributed by atoms with Crippen molar-refractivity contribution in [2.75, 3.05) is 13.6 Å². The highest BCUT2D eigenvalue weighted by molar-refractivity contribution is 5.98. The second-order valence-electron chi connectivity index (χ2n) is 3.60. The molecule has 1 aromatic heterocycles. The van der Waals surface area contributed by atoms with Gasteiger partial charge in [0.25, 0.3) is 5.91 Å². The van der Waals surface area contributed by atoms with Crippen LogP contribution < -0.4 is 16.4 Å². The Morgan fingerprint density at radius 1 is 1.47 bits per heavy atom. The number of carbonyl (C=O) groups is 2. The molecule has 1 heterocycles. The molecule has 5 N–H and O–H groups in total. The molecular formula is C11H15N5O3. The van der Waals surface area contributed by atoms with E-state index in [0.29, 0.717) is 5.56 Å². The summed E-state index contributed by atoms with van der Waals surface area (Å²) in [4.78, 5) is 26.5. The third kappa shape index (κ3) is 4.26. The second-order valence-corrected chi connectivity index (χ2v) is 3.60. The lowest BCUT2D eigenvalue weighted by Gasteiger charge is -2.04. The Morgan fingerprint density at radius 2 is 2.21 bits per heavy atom. The predicted molar refractivity (Wildman–Crippen MR) is 67.8 cm³/mol. The van der Waals surface area contributed by atoms with Crippen molar-refractivity contribution in [3.63, 3.8) is 0 Å². The number of nitrogens with zero attached hydrogens (tertiary/aromatic N) is 2. The van der Waals surface area contributed by atoms with Gasteiger partial charge in [0.15, 0.2) is 5.84 Å². The summed E-state index contributed by atoms with van der Waals surface area (Å²) in [5.74, 6) is -0.635. The topological polar surface area (TPSA) is 130 Å². The quantitative estimate of drug-likeness (QED) is 0.236. The smallest absolute Gasteiger partial charge is 0.269 e. The SMILES string of the molecule is CNC(=O)CCNC(=O)c1ccc(C(N)=NO)cn1. The summed E-state index contributed by atoms with van der Waals surface area (Å²) in [6.45, 7) is 0.224.